The minimum atomic E-state index is -2.55. The van der Waals surface area contributed by atoms with Crippen LogP contribution in [0.3, 0.4) is 0 Å². The minimum Gasteiger partial charge on any atom is -0.444 e. The van der Waals surface area contributed by atoms with Crippen LogP contribution in [0.25, 0.3) is 0 Å². The average Bonchev–Trinajstić information content (AvgIpc) is 2.32. The van der Waals surface area contributed by atoms with Crippen molar-refractivity contribution in [2.75, 3.05) is 19.6 Å². The van der Waals surface area contributed by atoms with Crippen LogP contribution in [0.1, 0.15) is 46.5 Å². The number of amides is 1. The zero-order valence-corrected chi connectivity index (χ0v) is 12.5. The van der Waals surface area contributed by atoms with Crippen LogP contribution in [-0.4, -0.2) is 47.7 Å². The molecule has 1 aliphatic carbocycles. The largest absolute Gasteiger partial charge is 0.444 e. The van der Waals surface area contributed by atoms with Crippen molar-refractivity contribution >= 4 is 6.09 Å². The highest BCUT2D eigenvalue weighted by atomic mass is 19.3. The molecule has 0 bridgehead atoms. The van der Waals surface area contributed by atoms with Crippen molar-refractivity contribution in [3.8, 4) is 0 Å². The predicted octanol–water partition coefficient (Wildman–Crippen LogP) is 2.77. The first-order chi connectivity index (χ1) is 9.11. The van der Waals surface area contributed by atoms with E-state index in [1.165, 1.54) is 0 Å². The van der Waals surface area contributed by atoms with Gasteiger partial charge in [0.25, 0.3) is 0 Å². The van der Waals surface area contributed by atoms with E-state index in [-0.39, 0.29) is 24.5 Å². The summed E-state index contributed by atoms with van der Waals surface area (Å²) in [6, 6.07) is 0. The lowest BCUT2D eigenvalue weighted by molar-refractivity contribution is -0.0661. The molecule has 0 aromatic heterocycles. The fourth-order valence-electron chi connectivity index (χ4n) is 2.87. The Balaban J connectivity index is 1.97. The van der Waals surface area contributed by atoms with Gasteiger partial charge in [-0.05, 0) is 33.6 Å². The van der Waals surface area contributed by atoms with E-state index >= 15 is 0 Å². The molecular weight excluding hydrogens is 266 g/mol. The van der Waals surface area contributed by atoms with Gasteiger partial charge in [-0.1, -0.05) is 0 Å². The molecule has 1 saturated heterocycles. The first kappa shape index (κ1) is 15.5. The number of hydrogen-bond donors (Lipinski definition) is 1. The normalized spacial score (nSPS) is 25.6. The van der Waals surface area contributed by atoms with Crippen molar-refractivity contribution in [3.05, 3.63) is 0 Å². The first-order valence-electron chi connectivity index (χ1n) is 7.22. The Bertz CT molecular complexity index is 370. The lowest BCUT2D eigenvalue weighted by Gasteiger charge is -2.47. The molecule has 0 unspecified atom stereocenters. The van der Waals surface area contributed by atoms with Crippen molar-refractivity contribution in [2.24, 2.45) is 0 Å². The Kier molecular flexibility index (Phi) is 3.97. The molecule has 1 heterocycles. The van der Waals surface area contributed by atoms with Crippen LogP contribution in [0.4, 0.5) is 13.6 Å². The number of alkyl halides is 2. The smallest absolute Gasteiger partial charge is 0.410 e. The van der Waals surface area contributed by atoms with E-state index in [0.29, 0.717) is 32.5 Å². The third-order valence-corrected chi connectivity index (χ3v) is 3.97. The molecule has 2 rings (SSSR count). The Hall–Kier alpha value is -0.910. The number of halogens is 2. The highest BCUT2D eigenvalue weighted by Gasteiger charge is 2.46. The zero-order valence-electron chi connectivity index (χ0n) is 12.5. The monoisotopic (exact) mass is 290 g/mol. The molecule has 4 nitrogen and oxygen atoms in total. The van der Waals surface area contributed by atoms with Gasteiger partial charge in [0.2, 0.25) is 5.92 Å². The van der Waals surface area contributed by atoms with Crippen LogP contribution in [0.15, 0.2) is 0 Å². The predicted molar refractivity (Wildman–Crippen MR) is 72.0 cm³/mol. The quantitative estimate of drug-likeness (QED) is 0.746. The highest BCUT2D eigenvalue weighted by molar-refractivity contribution is 5.68. The number of carbonyl (C=O) groups excluding carboxylic acids is 1. The average molecular weight is 290 g/mol. The second kappa shape index (κ2) is 5.13. The fraction of sp³-hybridized carbons (Fsp3) is 0.929. The van der Waals surface area contributed by atoms with Crippen molar-refractivity contribution in [2.45, 2.75) is 63.5 Å². The molecule has 0 aromatic rings. The standard InChI is InChI=1S/C14H24F2N2O2/c1-12(2,3)20-11(19)18-9-8-17-13(10-18)4-6-14(15,16)7-5-13/h17H,4-10H2,1-3H3. The molecule has 1 spiro atoms. The first-order valence-corrected chi connectivity index (χ1v) is 7.22. The van der Waals surface area contributed by atoms with Crippen LogP contribution < -0.4 is 5.32 Å². The van der Waals surface area contributed by atoms with Gasteiger partial charge >= 0.3 is 6.09 Å². The summed E-state index contributed by atoms with van der Waals surface area (Å²) in [6.07, 6.45) is 0.235. The molecule has 116 valence electrons. The van der Waals surface area contributed by atoms with Gasteiger partial charge in [-0.2, -0.15) is 0 Å². The summed E-state index contributed by atoms with van der Waals surface area (Å²) in [5.41, 5.74) is -0.897. The number of ether oxygens (including phenoxy) is 1. The summed E-state index contributed by atoms with van der Waals surface area (Å²) in [6.45, 7) is 7.12. The number of rotatable bonds is 0. The zero-order chi connectivity index (χ0) is 15.0. The van der Waals surface area contributed by atoms with Crippen molar-refractivity contribution in [1.29, 1.82) is 0 Å². The van der Waals surface area contributed by atoms with Gasteiger partial charge in [-0.3, -0.25) is 0 Å². The van der Waals surface area contributed by atoms with Crippen LogP contribution in [0.5, 0.6) is 0 Å². The van der Waals surface area contributed by atoms with Crippen LogP contribution >= 0.6 is 0 Å². The second-order valence-corrected chi connectivity index (χ2v) is 6.96. The van der Waals surface area contributed by atoms with E-state index in [0.717, 1.165) is 0 Å². The van der Waals surface area contributed by atoms with E-state index in [4.69, 9.17) is 4.74 Å². The third kappa shape index (κ3) is 3.81. The lowest BCUT2D eigenvalue weighted by Crippen LogP contribution is -2.63. The summed E-state index contributed by atoms with van der Waals surface area (Å²) in [7, 11) is 0. The van der Waals surface area contributed by atoms with Crippen LogP contribution in [0, 0.1) is 0 Å². The maximum absolute atomic E-state index is 13.3. The summed E-state index contributed by atoms with van der Waals surface area (Å²) >= 11 is 0. The molecule has 2 fully saturated rings. The van der Waals surface area contributed by atoms with Crippen molar-refractivity contribution in [3.63, 3.8) is 0 Å². The molecule has 1 amide bonds. The maximum Gasteiger partial charge on any atom is 0.410 e. The fourth-order valence-corrected chi connectivity index (χ4v) is 2.87. The number of carbonyl (C=O) groups is 1. The Morgan fingerprint density at radius 3 is 2.35 bits per heavy atom. The van der Waals surface area contributed by atoms with Gasteiger partial charge in [-0.25, -0.2) is 13.6 Å². The van der Waals surface area contributed by atoms with Crippen molar-refractivity contribution in [1.82, 2.24) is 10.2 Å². The topological polar surface area (TPSA) is 41.6 Å². The Morgan fingerprint density at radius 1 is 1.20 bits per heavy atom. The molecule has 1 saturated carbocycles. The maximum atomic E-state index is 13.3. The van der Waals surface area contributed by atoms with E-state index in [1.807, 2.05) is 20.8 Å². The second-order valence-electron chi connectivity index (χ2n) is 6.96. The van der Waals surface area contributed by atoms with E-state index < -0.39 is 11.5 Å². The molecule has 0 aromatic carbocycles. The van der Waals surface area contributed by atoms with Gasteiger partial charge in [0.15, 0.2) is 0 Å². The third-order valence-electron chi connectivity index (χ3n) is 3.97. The van der Waals surface area contributed by atoms with Gasteiger partial charge < -0.3 is 15.0 Å². The van der Waals surface area contributed by atoms with E-state index in [9.17, 15) is 13.6 Å². The molecular formula is C14H24F2N2O2. The van der Waals surface area contributed by atoms with Gasteiger partial charge in [0.1, 0.15) is 5.60 Å². The summed E-state index contributed by atoms with van der Waals surface area (Å²) in [5, 5.41) is 3.34. The summed E-state index contributed by atoms with van der Waals surface area (Å²) in [5.74, 6) is -2.55. The van der Waals surface area contributed by atoms with Gasteiger partial charge in [0, 0.05) is 38.0 Å². The molecule has 1 aliphatic heterocycles. The van der Waals surface area contributed by atoms with E-state index in [2.05, 4.69) is 5.32 Å². The number of nitrogens with one attached hydrogen (secondary N) is 1. The Morgan fingerprint density at radius 2 is 1.80 bits per heavy atom. The number of nitrogens with zero attached hydrogens (tertiary/aromatic N) is 1. The SMILES string of the molecule is CC(C)(C)OC(=O)N1CCNC2(CCC(F)(F)CC2)C1. The summed E-state index contributed by atoms with van der Waals surface area (Å²) < 4.78 is 31.9. The van der Waals surface area contributed by atoms with Gasteiger partial charge in [0.05, 0.1) is 0 Å². The lowest BCUT2D eigenvalue weighted by atomic mass is 9.78. The highest BCUT2D eigenvalue weighted by Crippen LogP contribution is 2.39. The van der Waals surface area contributed by atoms with E-state index in [1.54, 1.807) is 4.90 Å². The van der Waals surface area contributed by atoms with Crippen LogP contribution in [-0.2, 0) is 4.74 Å². The molecule has 2 aliphatic rings. The minimum absolute atomic E-state index is 0.109. The molecule has 20 heavy (non-hydrogen) atoms. The molecule has 6 heteroatoms. The molecule has 0 atom stereocenters. The number of piperazine rings is 1. The number of hydrogen-bond acceptors (Lipinski definition) is 3. The Labute approximate surface area is 118 Å². The summed E-state index contributed by atoms with van der Waals surface area (Å²) in [4.78, 5) is 13.7. The molecule has 0 radical (unpaired) electrons. The van der Waals surface area contributed by atoms with Gasteiger partial charge in [-0.15, -0.1) is 0 Å². The van der Waals surface area contributed by atoms with Crippen molar-refractivity contribution < 1.29 is 18.3 Å². The molecule has 1 N–H and O–H groups in total. The van der Waals surface area contributed by atoms with Crippen LogP contribution in [0.2, 0.25) is 0 Å².